The highest BCUT2D eigenvalue weighted by Gasteiger charge is 2.34. The van der Waals surface area contributed by atoms with Crippen molar-refractivity contribution in [2.24, 2.45) is 11.8 Å². The van der Waals surface area contributed by atoms with Gasteiger partial charge in [-0.2, -0.15) is 11.3 Å². The number of rotatable bonds is 4. The molecule has 7 heteroatoms. The monoisotopic (exact) mass is 364 g/mol. The van der Waals surface area contributed by atoms with Crippen molar-refractivity contribution in [3.63, 3.8) is 0 Å². The summed E-state index contributed by atoms with van der Waals surface area (Å²) in [6, 6.07) is 1.90. The standard InChI is InChI=1S/C18H24N2O4S/c21-16(14-6-9-25-11-14)19-15-4-7-20(8-5-15)17(22)12-2-1-3-13(10-12)18(23)24/h6,9,11-13,15H,1-5,7-8,10H2,(H,19,21)(H,23,24). The zero-order chi connectivity index (χ0) is 17.8. The molecule has 2 aliphatic rings. The molecule has 0 bridgehead atoms. The van der Waals surface area contributed by atoms with Crippen molar-refractivity contribution in [3.8, 4) is 0 Å². The summed E-state index contributed by atoms with van der Waals surface area (Å²) in [7, 11) is 0. The van der Waals surface area contributed by atoms with Gasteiger partial charge in [0.15, 0.2) is 0 Å². The van der Waals surface area contributed by atoms with Gasteiger partial charge in [0, 0.05) is 36.0 Å². The summed E-state index contributed by atoms with van der Waals surface area (Å²) in [5.41, 5.74) is 0.686. The molecule has 6 nitrogen and oxygen atoms in total. The van der Waals surface area contributed by atoms with Crippen LogP contribution in [0.2, 0.25) is 0 Å². The van der Waals surface area contributed by atoms with Gasteiger partial charge >= 0.3 is 5.97 Å². The highest BCUT2D eigenvalue weighted by molar-refractivity contribution is 7.08. The fourth-order valence-electron chi connectivity index (χ4n) is 3.80. The zero-order valence-electron chi connectivity index (χ0n) is 14.1. The lowest BCUT2D eigenvalue weighted by molar-refractivity contribution is -0.145. The lowest BCUT2D eigenvalue weighted by Crippen LogP contribution is -2.48. The summed E-state index contributed by atoms with van der Waals surface area (Å²) in [6.07, 6.45) is 4.23. The molecule has 2 fully saturated rings. The Bertz CT molecular complexity index is 623. The third kappa shape index (κ3) is 4.39. The summed E-state index contributed by atoms with van der Waals surface area (Å²) < 4.78 is 0. The number of carboxylic acids is 1. The van der Waals surface area contributed by atoms with Crippen LogP contribution in [-0.4, -0.2) is 46.9 Å². The normalized spacial score (nSPS) is 24.7. The molecule has 3 rings (SSSR count). The zero-order valence-corrected chi connectivity index (χ0v) is 15.0. The van der Waals surface area contributed by atoms with Gasteiger partial charge in [0.25, 0.3) is 5.91 Å². The minimum Gasteiger partial charge on any atom is -0.481 e. The van der Waals surface area contributed by atoms with Crippen LogP contribution in [0.1, 0.15) is 48.9 Å². The molecule has 1 aromatic rings. The Morgan fingerprint density at radius 2 is 1.84 bits per heavy atom. The number of nitrogens with one attached hydrogen (secondary N) is 1. The number of carboxylic acid groups (broad SMARTS) is 1. The van der Waals surface area contributed by atoms with E-state index in [0.29, 0.717) is 31.5 Å². The molecule has 0 aromatic carbocycles. The van der Waals surface area contributed by atoms with Crippen LogP contribution in [-0.2, 0) is 9.59 Å². The van der Waals surface area contributed by atoms with E-state index in [-0.39, 0.29) is 29.7 Å². The van der Waals surface area contributed by atoms with Gasteiger partial charge in [-0.05, 0) is 43.6 Å². The number of amides is 2. The Morgan fingerprint density at radius 1 is 1.12 bits per heavy atom. The Kier molecular flexibility index (Phi) is 5.73. The van der Waals surface area contributed by atoms with Gasteiger partial charge in [0.1, 0.15) is 0 Å². The second-order valence-electron chi connectivity index (χ2n) is 6.98. The number of thiophene rings is 1. The summed E-state index contributed by atoms with van der Waals surface area (Å²) in [4.78, 5) is 37.8. The first kappa shape index (κ1) is 17.9. The fraction of sp³-hybridized carbons (Fsp3) is 0.611. The van der Waals surface area contributed by atoms with Gasteiger partial charge in [-0.25, -0.2) is 0 Å². The molecule has 1 saturated heterocycles. The van der Waals surface area contributed by atoms with E-state index in [1.165, 1.54) is 11.3 Å². The van der Waals surface area contributed by atoms with Gasteiger partial charge in [0.05, 0.1) is 5.92 Å². The molecule has 2 N–H and O–H groups in total. The number of hydrogen-bond donors (Lipinski definition) is 2. The number of hydrogen-bond acceptors (Lipinski definition) is 4. The van der Waals surface area contributed by atoms with Crippen LogP contribution in [0, 0.1) is 11.8 Å². The summed E-state index contributed by atoms with van der Waals surface area (Å²) in [5, 5.41) is 15.9. The van der Waals surface area contributed by atoms with E-state index in [9.17, 15) is 19.5 Å². The van der Waals surface area contributed by atoms with Gasteiger partial charge in [0.2, 0.25) is 5.91 Å². The molecular weight excluding hydrogens is 340 g/mol. The molecule has 25 heavy (non-hydrogen) atoms. The lowest BCUT2D eigenvalue weighted by Gasteiger charge is -2.36. The largest absolute Gasteiger partial charge is 0.481 e. The summed E-state index contributed by atoms with van der Waals surface area (Å²) in [6.45, 7) is 1.25. The molecular formula is C18H24N2O4S. The summed E-state index contributed by atoms with van der Waals surface area (Å²) >= 11 is 1.50. The van der Waals surface area contributed by atoms with Crippen molar-refractivity contribution in [1.82, 2.24) is 10.2 Å². The Morgan fingerprint density at radius 3 is 2.48 bits per heavy atom. The lowest BCUT2D eigenvalue weighted by atomic mass is 9.80. The van der Waals surface area contributed by atoms with Crippen LogP contribution in [0.25, 0.3) is 0 Å². The van der Waals surface area contributed by atoms with Crippen LogP contribution in [0.4, 0.5) is 0 Å². The third-order valence-corrected chi connectivity index (χ3v) is 5.98. The number of carbonyl (C=O) groups excluding carboxylic acids is 2. The Balaban J connectivity index is 1.47. The molecule has 136 valence electrons. The number of likely N-dealkylation sites (tertiary alicyclic amines) is 1. The van der Waals surface area contributed by atoms with E-state index in [0.717, 1.165) is 25.7 Å². The minimum atomic E-state index is -0.785. The Hall–Kier alpha value is -1.89. The van der Waals surface area contributed by atoms with Crippen molar-refractivity contribution in [2.45, 2.75) is 44.6 Å². The SMILES string of the molecule is O=C(NC1CCN(C(=O)C2CCCC(C(=O)O)C2)CC1)c1ccsc1. The van der Waals surface area contributed by atoms with Crippen molar-refractivity contribution in [3.05, 3.63) is 22.4 Å². The Labute approximate surface area is 151 Å². The highest BCUT2D eigenvalue weighted by atomic mass is 32.1. The average molecular weight is 364 g/mol. The van der Waals surface area contributed by atoms with Crippen LogP contribution in [0.5, 0.6) is 0 Å². The maximum absolute atomic E-state index is 12.7. The van der Waals surface area contributed by atoms with Crippen molar-refractivity contribution in [1.29, 1.82) is 0 Å². The van der Waals surface area contributed by atoms with E-state index >= 15 is 0 Å². The van der Waals surface area contributed by atoms with Crippen molar-refractivity contribution in [2.75, 3.05) is 13.1 Å². The first-order valence-electron chi connectivity index (χ1n) is 8.89. The number of aliphatic carboxylic acids is 1. The molecule has 2 atom stereocenters. The number of carbonyl (C=O) groups is 3. The van der Waals surface area contributed by atoms with Gasteiger partial charge in [-0.1, -0.05) is 6.42 Å². The van der Waals surface area contributed by atoms with E-state index in [2.05, 4.69) is 5.32 Å². The fourth-order valence-corrected chi connectivity index (χ4v) is 4.44. The predicted molar refractivity (Wildman–Crippen MR) is 94.5 cm³/mol. The second-order valence-corrected chi connectivity index (χ2v) is 7.76. The molecule has 2 amide bonds. The van der Waals surface area contributed by atoms with Crippen LogP contribution in [0.3, 0.4) is 0 Å². The number of piperidine rings is 1. The molecule has 1 aliphatic carbocycles. The van der Waals surface area contributed by atoms with Crippen LogP contribution < -0.4 is 5.32 Å². The van der Waals surface area contributed by atoms with Crippen molar-refractivity contribution >= 4 is 29.1 Å². The molecule has 2 heterocycles. The minimum absolute atomic E-state index is 0.0531. The average Bonchev–Trinajstić information content (AvgIpc) is 3.17. The van der Waals surface area contributed by atoms with Gasteiger partial charge < -0.3 is 15.3 Å². The predicted octanol–water partition coefficient (Wildman–Crippen LogP) is 2.36. The molecule has 1 aromatic heterocycles. The topological polar surface area (TPSA) is 86.7 Å². The van der Waals surface area contributed by atoms with E-state index in [1.807, 2.05) is 15.7 Å². The first-order chi connectivity index (χ1) is 12.0. The quantitative estimate of drug-likeness (QED) is 0.859. The molecule has 2 unspecified atom stereocenters. The molecule has 0 radical (unpaired) electrons. The van der Waals surface area contributed by atoms with Crippen LogP contribution >= 0.6 is 11.3 Å². The second kappa shape index (κ2) is 7.99. The highest BCUT2D eigenvalue weighted by Crippen LogP contribution is 2.31. The summed E-state index contributed by atoms with van der Waals surface area (Å²) in [5.74, 6) is -1.29. The number of nitrogens with zero attached hydrogens (tertiary/aromatic N) is 1. The van der Waals surface area contributed by atoms with Gasteiger partial charge in [-0.3, -0.25) is 14.4 Å². The van der Waals surface area contributed by atoms with E-state index < -0.39 is 5.97 Å². The van der Waals surface area contributed by atoms with E-state index in [1.54, 1.807) is 6.07 Å². The maximum atomic E-state index is 12.7. The maximum Gasteiger partial charge on any atom is 0.306 e. The first-order valence-corrected chi connectivity index (χ1v) is 9.83. The van der Waals surface area contributed by atoms with Crippen LogP contribution in [0.15, 0.2) is 16.8 Å². The molecule has 1 aliphatic heterocycles. The molecule has 0 spiro atoms. The van der Waals surface area contributed by atoms with Gasteiger partial charge in [-0.15, -0.1) is 0 Å². The van der Waals surface area contributed by atoms with Crippen molar-refractivity contribution < 1.29 is 19.5 Å². The molecule has 1 saturated carbocycles. The van der Waals surface area contributed by atoms with E-state index in [4.69, 9.17) is 0 Å². The smallest absolute Gasteiger partial charge is 0.306 e. The third-order valence-electron chi connectivity index (χ3n) is 5.30.